The molecule has 2 aromatic carbocycles. The Kier molecular flexibility index (Phi) is 5.60. The molecule has 28 heavy (non-hydrogen) atoms. The van der Waals surface area contributed by atoms with Gasteiger partial charge in [-0.15, -0.1) is 0 Å². The summed E-state index contributed by atoms with van der Waals surface area (Å²) in [6.07, 6.45) is 5.19. The predicted octanol–water partition coefficient (Wildman–Crippen LogP) is 3.30. The summed E-state index contributed by atoms with van der Waals surface area (Å²) in [5.74, 6) is 0.241. The summed E-state index contributed by atoms with van der Waals surface area (Å²) in [4.78, 5) is 25.7. The minimum Gasteiger partial charge on any atom is -0.338 e. The number of hydrogen-bond acceptors (Lipinski definition) is 2. The van der Waals surface area contributed by atoms with Crippen molar-refractivity contribution in [2.24, 2.45) is 0 Å². The fraction of sp³-hybridized carbons (Fsp3) is 0.391. The van der Waals surface area contributed by atoms with Crippen molar-refractivity contribution in [1.29, 1.82) is 0 Å². The van der Waals surface area contributed by atoms with Crippen molar-refractivity contribution in [3.8, 4) is 0 Å². The molecule has 0 atom stereocenters. The Balaban J connectivity index is 1.21. The maximum Gasteiger partial charge on any atom is 0.315 e. The van der Waals surface area contributed by atoms with Gasteiger partial charge in [0.1, 0.15) is 0 Å². The molecule has 1 fully saturated rings. The van der Waals surface area contributed by atoms with Gasteiger partial charge in [0.25, 0.3) is 0 Å². The highest BCUT2D eigenvalue weighted by Crippen LogP contribution is 2.22. The first-order valence-corrected chi connectivity index (χ1v) is 10.2. The van der Waals surface area contributed by atoms with Crippen LogP contribution in [0.2, 0.25) is 0 Å². The normalized spacial score (nSPS) is 15.6. The Hall–Kier alpha value is -2.82. The molecule has 4 rings (SSSR count). The molecule has 0 spiro atoms. The van der Waals surface area contributed by atoms with Crippen LogP contribution in [-0.2, 0) is 37.3 Å². The first-order chi connectivity index (χ1) is 13.7. The second kappa shape index (κ2) is 8.46. The summed E-state index contributed by atoms with van der Waals surface area (Å²) in [5, 5.41) is 5.84. The zero-order valence-corrected chi connectivity index (χ0v) is 16.2. The third-order valence-corrected chi connectivity index (χ3v) is 5.64. The van der Waals surface area contributed by atoms with Gasteiger partial charge in [0.2, 0.25) is 5.91 Å². The van der Waals surface area contributed by atoms with Gasteiger partial charge in [-0.3, -0.25) is 4.79 Å². The molecule has 1 aliphatic carbocycles. The van der Waals surface area contributed by atoms with Gasteiger partial charge in [0.05, 0.1) is 0 Å². The topological polar surface area (TPSA) is 61.4 Å². The van der Waals surface area contributed by atoms with Gasteiger partial charge in [0, 0.05) is 32.6 Å². The van der Waals surface area contributed by atoms with E-state index in [9.17, 15) is 9.59 Å². The van der Waals surface area contributed by atoms with Crippen LogP contribution in [0.5, 0.6) is 0 Å². The minimum atomic E-state index is -0.160. The number of fused-ring (bicyclic) bond motifs is 1. The largest absolute Gasteiger partial charge is 0.338 e. The Morgan fingerprint density at radius 1 is 0.821 bits per heavy atom. The van der Waals surface area contributed by atoms with Gasteiger partial charge in [-0.05, 0) is 53.5 Å². The van der Waals surface area contributed by atoms with Crippen molar-refractivity contribution in [2.75, 3.05) is 6.54 Å². The molecule has 1 heterocycles. The van der Waals surface area contributed by atoms with Crippen molar-refractivity contribution in [1.82, 2.24) is 15.5 Å². The standard InChI is InChI=1S/C23H27N3O2/c27-22-5-2-12-26(22)16-18-8-6-17(7-9-18)14-24-23(28)25-15-19-10-11-20-3-1-4-21(20)13-19/h6-11,13H,1-5,12,14-16H2,(H2,24,25,28). The maximum atomic E-state index is 12.1. The van der Waals surface area contributed by atoms with Crippen molar-refractivity contribution in [2.45, 2.75) is 51.7 Å². The van der Waals surface area contributed by atoms with Crippen molar-refractivity contribution in [3.63, 3.8) is 0 Å². The van der Waals surface area contributed by atoms with Gasteiger partial charge in [0.15, 0.2) is 0 Å². The molecule has 5 heteroatoms. The van der Waals surface area contributed by atoms with Crippen LogP contribution in [0, 0.1) is 0 Å². The highest BCUT2D eigenvalue weighted by atomic mass is 16.2. The molecular weight excluding hydrogens is 350 g/mol. The van der Waals surface area contributed by atoms with Crippen LogP contribution in [0.3, 0.4) is 0 Å². The Morgan fingerprint density at radius 2 is 1.50 bits per heavy atom. The van der Waals surface area contributed by atoms with E-state index in [1.807, 2.05) is 29.2 Å². The number of aryl methyl sites for hydroxylation is 2. The summed E-state index contributed by atoms with van der Waals surface area (Å²) < 4.78 is 0. The Labute approximate surface area is 166 Å². The molecule has 0 aromatic heterocycles. The van der Waals surface area contributed by atoms with E-state index in [2.05, 4.69) is 28.8 Å². The summed E-state index contributed by atoms with van der Waals surface area (Å²) >= 11 is 0. The average molecular weight is 377 g/mol. The van der Waals surface area contributed by atoms with Gasteiger partial charge < -0.3 is 15.5 Å². The van der Waals surface area contributed by atoms with Crippen LogP contribution in [0.1, 0.15) is 47.1 Å². The Morgan fingerprint density at radius 3 is 2.25 bits per heavy atom. The number of rotatable bonds is 6. The van der Waals surface area contributed by atoms with E-state index >= 15 is 0 Å². The van der Waals surface area contributed by atoms with E-state index < -0.39 is 0 Å². The molecule has 1 saturated heterocycles. The molecule has 146 valence electrons. The second-order valence-electron chi connectivity index (χ2n) is 7.73. The average Bonchev–Trinajstić information content (AvgIpc) is 3.34. The monoisotopic (exact) mass is 377 g/mol. The smallest absolute Gasteiger partial charge is 0.315 e. The first-order valence-electron chi connectivity index (χ1n) is 10.2. The van der Waals surface area contributed by atoms with E-state index in [-0.39, 0.29) is 11.9 Å². The van der Waals surface area contributed by atoms with Gasteiger partial charge in [-0.1, -0.05) is 42.5 Å². The van der Waals surface area contributed by atoms with E-state index in [1.165, 1.54) is 24.0 Å². The van der Waals surface area contributed by atoms with Crippen molar-refractivity contribution >= 4 is 11.9 Å². The van der Waals surface area contributed by atoms with Gasteiger partial charge in [-0.25, -0.2) is 4.79 Å². The first kappa shape index (κ1) is 18.5. The summed E-state index contributed by atoms with van der Waals surface area (Å²) in [6, 6.07) is 14.4. The fourth-order valence-electron chi connectivity index (χ4n) is 4.02. The van der Waals surface area contributed by atoms with E-state index in [0.717, 1.165) is 36.1 Å². The number of hydrogen-bond donors (Lipinski definition) is 2. The lowest BCUT2D eigenvalue weighted by Gasteiger charge is -2.15. The number of nitrogens with one attached hydrogen (secondary N) is 2. The number of nitrogens with zero attached hydrogens (tertiary/aromatic N) is 1. The summed E-state index contributed by atoms with van der Waals surface area (Å²) in [6.45, 7) is 2.56. The third-order valence-electron chi connectivity index (χ3n) is 5.64. The number of benzene rings is 2. The SMILES string of the molecule is O=C(NCc1ccc(CN2CCCC2=O)cc1)NCc1ccc2c(c1)CCC2. The number of carbonyl (C=O) groups is 2. The molecule has 0 radical (unpaired) electrons. The van der Waals surface area contributed by atoms with Crippen LogP contribution in [0.4, 0.5) is 4.79 Å². The number of carbonyl (C=O) groups excluding carboxylic acids is 2. The molecule has 0 unspecified atom stereocenters. The second-order valence-corrected chi connectivity index (χ2v) is 7.73. The molecule has 5 nitrogen and oxygen atoms in total. The van der Waals surface area contributed by atoms with E-state index in [1.54, 1.807) is 0 Å². The minimum absolute atomic E-state index is 0.160. The molecule has 0 saturated carbocycles. The lowest BCUT2D eigenvalue weighted by molar-refractivity contribution is -0.128. The van der Waals surface area contributed by atoms with Crippen LogP contribution in [0.15, 0.2) is 42.5 Å². The Bertz CT molecular complexity index is 861. The highest BCUT2D eigenvalue weighted by Gasteiger charge is 2.19. The molecule has 2 N–H and O–H groups in total. The maximum absolute atomic E-state index is 12.1. The lowest BCUT2D eigenvalue weighted by atomic mass is 10.1. The predicted molar refractivity (Wildman–Crippen MR) is 109 cm³/mol. The van der Waals surface area contributed by atoms with Crippen molar-refractivity contribution in [3.05, 3.63) is 70.3 Å². The van der Waals surface area contributed by atoms with Crippen LogP contribution in [0.25, 0.3) is 0 Å². The van der Waals surface area contributed by atoms with Crippen LogP contribution >= 0.6 is 0 Å². The number of likely N-dealkylation sites (tertiary alicyclic amines) is 1. The fourth-order valence-corrected chi connectivity index (χ4v) is 4.02. The van der Waals surface area contributed by atoms with Gasteiger partial charge in [-0.2, -0.15) is 0 Å². The summed E-state index contributed by atoms with van der Waals surface area (Å²) in [5.41, 5.74) is 6.20. The molecular formula is C23H27N3O2. The zero-order valence-electron chi connectivity index (χ0n) is 16.2. The van der Waals surface area contributed by atoms with Crippen LogP contribution in [-0.4, -0.2) is 23.4 Å². The molecule has 2 aliphatic rings. The lowest BCUT2D eigenvalue weighted by Crippen LogP contribution is -2.34. The number of amides is 3. The van der Waals surface area contributed by atoms with Crippen molar-refractivity contribution < 1.29 is 9.59 Å². The summed E-state index contributed by atoms with van der Waals surface area (Å²) in [7, 11) is 0. The number of urea groups is 1. The zero-order chi connectivity index (χ0) is 19.3. The quantitative estimate of drug-likeness (QED) is 0.811. The molecule has 1 aliphatic heterocycles. The van der Waals surface area contributed by atoms with E-state index in [4.69, 9.17) is 0 Å². The molecule has 3 amide bonds. The van der Waals surface area contributed by atoms with Gasteiger partial charge >= 0.3 is 6.03 Å². The molecule has 2 aromatic rings. The molecule has 0 bridgehead atoms. The van der Waals surface area contributed by atoms with Crippen LogP contribution < -0.4 is 10.6 Å². The highest BCUT2D eigenvalue weighted by molar-refractivity contribution is 5.78. The van der Waals surface area contributed by atoms with E-state index in [0.29, 0.717) is 26.1 Å². The third kappa shape index (κ3) is 4.53.